The number of carbonyl (C=O) groups excluding carboxylic acids is 1. The third kappa shape index (κ3) is 3.57. The lowest BCUT2D eigenvalue weighted by atomic mass is 9.77. The van der Waals surface area contributed by atoms with E-state index >= 15 is 0 Å². The fourth-order valence-electron chi connectivity index (χ4n) is 5.12. The number of aromatic hydroxyl groups is 2. The number of methoxy groups -OCH3 is 2. The molecular weight excluding hydrogens is 436 g/mol. The molecule has 0 spiro atoms. The summed E-state index contributed by atoms with van der Waals surface area (Å²) in [5.41, 5.74) is 5.60. The van der Waals surface area contributed by atoms with Gasteiger partial charge >= 0.3 is 5.97 Å². The first-order chi connectivity index (χ1) is 16.4. The molecule has 0 amide bonds. The summed E-state index contributed by atoms with van der Waals surface area (Å²) in [6.45, 7) is 1.68. The van der Waals surface area contributed by atoms with E-state index in [1.54, 1.807) is 37.4 Å². The number of benzene rings is 3. The van der Waals surface area contributed by atoms with Crippen LogP contribution in [-0.4, -0.2) is 37.0 Å². The molecule has 5 rings (SSSR count). The van der Waals surface area contributed by atoms with Gasteiger partial charge in [0.15, 0.2) is 11.5 Å². The van der Waals surface area contributed by atoms with E-state index in [-0.39, 0.29) is 30.0 Å². The van der Waals surface area contributed by atoms with Crippen LogP contribution in [0.15, 0.2) is 42.5 Å². The number of esters is 1. The van der Waals surface area contributed by atoms with Gasteiger partial charge < -0.3 is 29.2 Å². The summed E-state index contributed by atoms with van der Waals surface area (Å²) in [4.78, 5) is 12.2. The molecule has 0 bridgehead atoms. The Kier molecular flexibility index (Phi) is 5.48. The first kappa shape index (κ1) is 21.9. The second kappa shape index (κ2) is 8.48. The Morgan fingerprint density at radius 2 is 1.79 bits per heavy atom. The number of aryl methyl sites for hydroxylation is 1. The lowest BCUT2D eigenvalue weighted by molar-refractivity contribution is -0.149. The van der Waals surface area contributed by atoms with Crippen LogP contribution in [0, 0.1) is 0 Å². The molecule has 1 aliphatic heterocycles. The summed E-state index contributed by atoms with van der Waals surface area (Å²) >= 11 is 0. The molecule has 0 fully saturated rings. The maximum Gasteiger partial charge on any atom is 0.303 e. The second-order valence-corrected chi connectivity index (χ2v) is 8.56. The standard InChI is InChI=1S/C27H26O7/c1-14(28)34-27-20(16-5-9-21(30)22(11-16)31-2)13-33-24-12-23(32-3)25-18-8-6-17(29)10-15(18)4-7-19(25)26(24)27/h5-6,8-12,20,27,29-30H,4,7,13H2,1-3H3. The van der Waals surface area contributed by atoms with Crippen LogP contribution in [0.1, 0.15) is 41.2 Å². The van der Waals surface area contributed by atoms with Crippen molar-refractivity contribution in [3.8, 4) is 39.9 Å². The van der Waals surface area contributed by atoms with E-state index in [4.69, 9.17) is 18.9 Å². The Labute approximate surface area is 197 Å². The Hall–Kier alpha value is -3.87. The first-order valence-corrected chi connectivity index (χ1v) is 11.1. The molecule has 7 heteroatoms. The Morgan fingerprint density at radius 1 is 1.00 bits per heavy atom. The van der Waals surface area contributed by atoms with Gasteiger partial charge in [-0.25, -0.2) is 0 Å². The largest absolute Gasteiger partial charge is 0.508 e. The average Bonchev–Trinajstić information content (AvgIpc) is 2.83. The zero-order valence-electron chi connectivity index (χ0n) is 19.3. The Balaban J connectivity index is 1.71. The summed E-state index contributed by atoms with van der Waals surface area (Å²) < 4.78 is 23.2. The average molecular weight is 462 g/mol. The second-order valence-electron chi connectivity index (χ2n) is 8.56. The van der Waals surface area contributed by atoms with E-state index in [9.17, 15) is 15.0 Å². The van der Waals surface area contributed by atoms with E-state index in [1.165, 1.54) is 14.0 Å². The van der Waals surface area contributed by atoms with Gasteiger partial charge in [0.25, 0.3) is 0 Å². The number of fused-ring (bicyclic) bond motifs is 5. The van der Waals surface area contributed by atoms with Gasteiger partial charge in [-0.05, 0) is 59.4 Å². The third-order valence-corrected chi connectivity index (χ3v) is 6.62. The highest BCUT2D eigenvalue weighted by Crippen LogP contribution is 2.53. The van der Waals surface area contributed by atoms with Crippen molar-refractivity contribution in [3.05, 3.63) is 64.7 Å². The zero-order valence-corrected chi connectivity index (χ0v) is 19.3. The zero-order chi connectivity index (χ0) is 24.0. The van der Waals surface area contributed by atoms with Gasteiger partial charge in [0, 0.05) is 24.1 Å². The molecular formula is C27H26O7. The van der Waals surface area contributed by atoms with E-state index in [1.807, 2.05) is 12.1 Å². The fraction of sp³-hybridized carbons (Fsp3) is 0.296. The number of hydrogen-bond acceptors (Lipinski definition) is 7. The minimum Gasteiger partial charge on any atom is -0.508 e. The molecule has 0 saturated carbocycles. The number of rotatable bonds is 4. The van der Waals surface area contributed by atoms with Crippen LogP contribution in [0.4, 0.5) is 0 Å². The van der Waals surface area contributed by atoms with Crippen molar-refractivity contribution in [3.63, 3.8) is 0 Å². The van der Waals surface area contributed by atoms with Gasteiger partial charge in [-0.2, -0.15) is 0 Å². The van der Waals surface area contributed by atoms with Crippen LogP contribution >= 0.6 is 0 Å². The monoisotopic (exact) mass is 462 g/mol. The van der Waals surface area contributed by atoms with Crippen molar-refractivity contribution in [2.24, 2.45) is 0 Å². The highest BCUT2D eigenvalue weighted by Gasteiger charge is 2.39. The topological polar surface area (TPSA) is 94.5 Å². The molecule has 0 saturated heterocycles. The van der Waals surface area contributed by atoms with Gasteiger partial charge in [-0.3, -0.25) is 4.79 Å². The predicted molar refractivity (Wildman–Crippen MR) is 125 cm³/mol. The van der Waals surface area contributed by atoms with Crippen molar-refractivity contribution in [2.75, 3.05) is 20.8 Å². The summed E-state index contributed by atoms with van der Waals surface area (Å²) in [5.74, 6) is 1.22. The molecule has 34 heavy (non-hydrogen) atoms. The highest BCUT2D eigenvalue weighted by molar-refractivity contribution is 5.82. The summed E-state index contributed by atoms with van der Waals surface area (Å²) in [7, 11) is 3.11. The molecule has 3 aromatic rings. The number of carbonyl (C=O) groups is 1. The maximum absolute atomic E-state index is 12.2. The van der Waals surface area contributed by atoms with Gasteiger partial charge in [0.1, 0.15) is 23.4 Å². The summed E-state index contributed by atoms with van der Waals surface area (Å²) in [6.07, 6.45) is 0.813. The number of phenolic OH excluding ortho intramolecular Hbond substituents is 2. The summed E-state index contributed by atoms with van der Waals surface area (Å²) in [6, 6.07) is 12.3. The van der Waals surface area contributed by atoms with Crippen LogP contribution in [0.5, 0.6) is 28.7 Å². The minimum atomic E-state index is -0.589. The number of phenols is 2. The first-order valence-electron chi connectivity index (χ1n) is 11.1. The molecule has 2 atom stereocenters. The number of ether oxygens (including phenoxy) is 4. The van der Waals surface area contributed by atoms with Crippen LogP contribution < -0.4 is 14.2 Å². The van der Waals surface area contributed by atoms with Crippen molar-refractivity contribution < 1.29 is 34.0 Å². The van der Waals surface area contributed by atoms with Gasteiger partial charge in [-0.15, -0.1) is 0 Å². The Bertz CT molecular complexity index is 1280. The van der Waals surface area contributed by atoms with Crippen molar-refractivity contribution in [2.45, 2.75) is 31.8 Å². The minimum absolute atomic E-state index is 0.0365. The fourth-order valence-corrected chi connectivity index (χ4v) is 5.12. The van der Waals surface area contributed by atoms with Crippen LogP contribution in [-0.2, 0) is 22.4 Å². The molecule has 7 nitrogen and oxygen atoms in total. The van der Waals surface area contributed by atoms with Gasteiger partial charge in [0.05, 0.1) is 26.7 Å². The molecule has 176 valence electrons. The number of hydrogen-bond donors (Lipinski definition) is 2. The van der Waals surface area contributed by atoms with Crippen LogP contribution in [0.2, 0.25) is 0 Å². The Morgan fingerprint density at radius 3 is 2.53 bits per heavy atom. The van der Waals surface area contributed by atoms with Gasteiger partial charge in [-0.1, -0.05) is 12.1 Å². The molecule has 2 aliphatic rings. The third-order valence-electron chi connectivity index (χ3n) is 6.62. The van der Waals surface area contributed by atoms with Crippen LogP contribution in [0.25, 0.3) is 11.1 Å². The molecule has 0 aromatic heterocycles. The highest BCUT2D eigenvalue weighted by atomic mass is 16.6. The smallest absolute Gasteiger partial charge is 0.303 e. The van der Waals surface area contributed by atoms with E-state index in [0.717, 1.165) is 39.8 Å². The van der Waals surface area contributed by atoms with Gasteiger partial charge in [0.2, 0.25) is 0 Å². The molecule has 2 N–H and O–H groups in total. The van der Waals surface area contributed by atoms with Crippen molar-refractivity contribution >= 4 is 5.97 Å². The molecule has 0 radical (unpaired) electrons. The van der Waals surface area contributed by atoms with E-state index in [0.29, 0.717) is 23.7 Å². The predicted octanol–water partition coefficient (Wildman–Crippen LogP) is 4.66. The van der Waals surface area contributed by atoms with Crippen molar-refractivity contribution in [1.82, 2.24) is 0 Å². The molecule has 1 heterocycles. The summed E-state index contributed by atoms with van der Waals surface area (Å²) in [5, 5.41) is 20.0. The van der Waals surface area contributed by atoms with E-state index < -0.39 is 6.10 Å². The lowest BCUT2D eigenvalue weighted by Gasteiger charge is -2.37. The molecule has 3 aromatic carbocycles. The normalized spacial score (nSPS) is 18.1. The molecule has 2 unspecified atom stereocenters. The van der Waals surface area contributed by atoms with Crippen LogP contribution in [0.3, 0.4) is 0 Å². The van der Waals surface area contributed by atoms with Crippen molar-refractivity contribution in [1.29, 1.82) is 0 Å². The quantitative estimate of drug-likeness (QED) is 0.545. The van der Waals surface area contributed by atoms with E-state index in [2.05, 4.69) is 0 Å². The SMILES string of the molecule is COc1cc(C2COc3cc(OC)c4c(c3C2OC(C)=O)CCc2cc(O)ccc2-4)ccc1O. The lowest BCUT2D eigenvalue weighted by Crippen LogP contribution is -2.29. The maximum atomic E-state index is 12.2. The molecule has 1 aliphatic carbocycles.